The van der Waals surface area contributed by atoms with Crippen molar-refractivity contribution in [2.75, 3.05) is 12.0 Å². The lowest BCUT2D eigenvalue weighted by atomic mass is 10.2. The SMILES string of the molecule is CC(CCS(C)=O)NCc1ccccc1OC(F)F. The van der Waals surface area contributed by atoms with Gasteiger partial charge in [-0.2, -0.15) is 8.78 Å². The molecule has 0 spiro atoms. The van der Waals surface area contributed by atoms with E-state index in [0.29, 0.717) is 17.9 Å². The number of para-hydroxylation sites is 1. The molecule has 0 aliphatic rings. The van der Waals surface area contributed by atoms with Gasteiger partial charge in [0.05, 0.1) is 0 Å². The number of rotatable bonds is 8. The Morgan fingerprint density at radius 2 is 2.05 bits per heavy atom. The first-order valence-corrected chi connectivity index (χ1v) is 7.78. The van der Waals surface area contributed by atoms with E-state index in [2.05, 4.69) is 10.1 Å². The second-order valence-corrected chi connectivity index (χ2v) is 5.89. The maximum Gasteiger partial charge on any atom is 0.387 e. The van der Waals surface area contributed by atoms with Crippen molar-refractivity contribution in [1.82, 2.24) is 5.32 Å². The molecule has 2 unspecified atom stereocenters. The molecule has 0 fully saturated rings. The van der Waals surface area contributed by atoms with E-state index in [9.17, 15) is 13.0 Å². The average Bonchev–Trinajstić information content (AvgIpc) is 2.34. The quantitative estimate of drug-likeness (QED) is 0.800. The summed E-state index contributed by atoms with van der Waals surface area (Å²) in [7, 11) is -0.810. The summed E-state index contributed by atoms with van der Waals surface area (Å²) in [4.78, 5) is 0. The summed E-state index contributed by atoms with van der Waals surface area (Å²) in [5.41, 5.74) is 0.687. The second-order valence-electron chi connectivity index (χ2n) is 4.33. The third-order valence-electron chi connectivity index (χ3n) is 2.67. The Balaban J connectivity index is 2.50. The number of ether oxygens (including phenoxy) is 1. The monoisotopic (exact) mass is 291 g/mol. The molecular weight excluding hydrogens is 272 g/mol. The average molecular weight is 291 g/mol. The van der Waals surface area contributed by atoms with Gasteiger partial charge in [0.25, 0.3) is 0 Å². The second kappa shape index (κ2) is 8.22. The molecule has 0 aliphatic heterocycles. The normalized spacial score (nSPS) is 14.4. The van der Waals surface area contributed by atoms with E-state index in [1.165, 1.54) is 6.07 Å². The van der Waals surface area contributed by atoms with E-state index in [4.69, 9.17) is 0 Å². The summed E-state index contributed by atoms with van der Waals surface area (Å²) in [5.74, 6) is 0.819. The van der Waals surface area contributed by atoms with E-state index in [0.717, 1.165) is 6.42 Å². The van der Waals surface area contributed by atoms with Gasteiger partial charge in [0.1, 0.15) is 5.75 Å². The number of halogens is 2. The first-order chi connectivity index (χ1) is 8.99. The summed E-state index contributed by atoms with van der Waals surface area (Å²) in [6.45, 7) is -0.398. The molecule has 0 radical (unpaired) electrons. The summed E-state index contributed by atoms with van der Waals surface area (Å²) in [6, 6.07) is 6.87. The van der Waals surface area contributed by atoms with E-state index in [-0.39, 0.29) is 11.8 Å². The summed E-state index contributed by atoms with van der Waals surface area (Å²) >= 11 is 0. The highest BCUT2D eigenvalue weighted by Crippen LogP contribution is 2.20. The largest absolute Gasteiger partial charge is 0.434 e. The molecular formula is C13H19F2NO2S. The van der Waals surface area contributed by atoms with Gasteiger partial charge >= 0.3 is 6.61 Å². The van der Waals surface area contributed by atoms with Crippen LogP contribution in [0.4, 0.5) is 8.78 Å². The van der Waals surface area contributed by atoms with Gasteiger partial charge in [0, 0.05) is 41.0 Å². The first kappa shape index (κ1) is 16.0. The molecule has 2 atom stereocenters. The zero-order valence-corrected chi connectivity index (χ0v) is 11.9. The Morgan fingerprint density at radius 3 is 2.68 bits per heavy atom. The van der Waals surface area contributed by atoms with Crippen LogP contribution in [-0.4, -0.2) is 28.9 Å². The van der Waals surface area contributed by atoms with Crippen molar-refractivity contribution in [2.45, 2.75) is 32.5 Å². The predicted molar refractivity (Wildman–Crippen MR) is 72.9 cm³/mol. The van der Waals surface area contributed by atoms with Crippen LogP contribution < -0.4 is 10.1 Å². The lowest BCUT2D eigenvalue weighted by Gasteiger charge is -2.15. The molecule has 1 N–H and O–H groups in total. The Bertz CT molecular complexity index is 415. The van der Waals surface area contributed by atoms with Crippen LogP contribution in [0.2, 0.25) is 0 Å². The summed E-state index contributed by atoms with van der Waals surface area (Å²) in [5, 5.41) is 3.21. The van der Waals surface area contributed by atoms with Gasteiger partial charge in [-0.25, -0.2) is 0 Å². The smallest absolute Gasteiger partial charge is 0.387 e. The molecule has 0 aromatic heterocycles. The Kier molecular flexibility index (Phi) is 6.94. The van der Waals surface area contributed by atoms with E-state index in [1.807, 2.05) is 6.92 Å². The Hall–Kier alpha value is -1.01. The van der Waals surface area contributed by atoms with Gasteiger partial charge in [0.15, 0.2) is 0 Å². The lowest BCUT2D eigenvalue weighted by Crippen LogP contribution is -2.27. The Labute approximate surface area is 114 Å². The zero-order valence-electron chi connectivity index (χ0n) is 11.1. The summed E-state index contributed by atoms with van der Waals surface area (Å²) < 4.78 is 39.9. The fourth-order valence-electron chi connectivity index (χ4n) is 1.59. The van der Waals surface area contributed by atoms with Gasteiger partial charge in [-0.05, 0) is 19.4 Å². The van der Waals surface area contributed by atoms with Crippen molar-refractivity contribution in [1.29, 1.82) is 0 Å². The van der Waals surface area contributed by atoms with E-state index >= 15 is 0 Å². The third kappa shape index (κ3) is 6.63. The molecule has 19 heavy (non-hydrogen) atoms. The fraction of sp³-hybridized carbons (Fsp3) is 0.538. The highest BCUT2D eigenvalue weighted by Gasteiger charge is 2.10. The fourth-order valence-corrected chi connectivity index (χ4v) is 2.28. The van der Waals surface area contributed by atoms with Crippen LogP contribution in [0, 0.1) is 0 Å². The maximum atomic E-state index is 12.2. The highest BCUT2D eigenvalue weighted by atomic mass is 32.2. The standard InChI is InChI=1S/C13H19F2NO2S/c1-10(7-8-19(2)17)16-9-11-5-3-4-6-12(11)18-13(14)15/h3-6,10,13,16H,7-9H2,1-2H3. The molecule has 1 aromatic carbocycles. The van der Waals surface area contributed by atoms with Crippen LogP contribution in [0.5, 0.6) is 5.75 Å². The molecule has 0 saturated heterocycles. The van der Waals surface area contributed by atoms with Crippen LogP contribution in [0.1, 0.15) is 18.9 Å². The van der Waals surface area contributed by atoms with Crippen molar-refractivity contribution in [3.8, 4) is 5.75 Å². The number of benzene rings is 1. The van der Waals surface area contributed by atoms with Crippen molar-refractivity contribution in [2.24, 2.45) is 0 Å². The molecule has 1 rings (SSSR count). The maximum absolute atomic E-state index is 12.2. The van der Waals surface area contributed by atoms with Gasteiger partial charge in [-0.3, -0.25) is 4.21 Å². The Morgan fingerprint density at radius 1 is 1.37 bits per heavy atom. The number of alkyl halides is 2. The molecule has 0 heterocycles. The third-order valence-corrected chi connectivity index (χ3v) is 3.48. The number of hydrogen-bond acceptors (Lipinski definition) is 3. The van der Waals surface area contributed by atoms with Crippen LogP contribution >= 0.6 is 0 Å². The zero-order chi connectivity index (χ0) is 14.3. The molecule has 3 nitrogen and oxygen atoms in total. The molecule has 0 amide bonds. The first-order valence-electron chi connectivity index (χ1n) is 6.05. The number of nitrogens with one attached hydrogen (secondary N) is 1. The van der Waals surface area contributed by atoms with Crippen LogP contribution in [-0.2, 0) is 17.3 Å². The summed E-state index contributed by atoms with van der Waals surface area (Å²) in [6.07, 6.45) is 2.44. The van der Waals surface area contributed by atoms with E-state index in [1.54, 1.807) is 24.5 Å². The van der Waals surface area contributed by atoms with Gasteiger partial charge < -0.3 is 10.1 Å². The highest BCUT2D eigenvalue weighted by molar-refractivity contribution is 7.84. The molecule has 0 aliphatic carbocycles. The molecule has 1 aromatic rings. The molecule has 0 bridgehead atoms. The van der Waals surface area contributed by atoms with Gasteiger partial charge in [-0.15, -0.1) is 0 Å². The minimum absolute atomic E-state index is 0.170. The van der Waals surface area contributed by atoms with Crippen molar-refractivity contribution in [3.63, 3.8) is 0 Å². The van der Waals surface area contributed by atoms with Crippen molar-refractivity contribution < 1.29 is 17.7 Å². The van der Waals surface area contributed by atoms with E-state index < -0.39 is 17.4 Å². The molecule has 6 heteroatoms. The molecule has 108 valence electrons. The van der Waals surface area contributed by atoms with Crippen LogP contribution in [0.3, 0.4) is 0 Å². The van der Waals surface area contributed by atoms with Gasteiger partial charge in [0.2, 0.25) is 0 Å². The topological polar surface area (TPSA) is 38.3 Å². The van der Waals surface area contributed by atoms with Crippen molar-refractivity contribution >= 4 is 10.8 Å². The molecule has 0 saturated carbocycles. The number of hydrogen-bond donors (Lipinski definition) is 1. The van der Waals surface area contributed by atoms with Gasteiger partial charge in [-0.1, -0.05) is 18.2 Å². The van der Waals surface area contributed by atoms with Crippen LogP contribution in [0.25, 0.3) is 0 Å². The van der Waals surface area contributed by atoms with Crippen molar-refractivity contribution in [3.05, 3.63) is 29.8 Å². The predicted octanol–water partition coefficient (Wildman–Crippen LogP) is 2.53. The minimum Gasteiger partial charge on any atom is -0.434 e. The lowest BCUT2D eigenvalue weighted by molar-refractivity contribution is -0.0505. The minimum atomic E-state index is -2.82. The van der Waals surface area contributed by atoms with Crippen LogP contribution in [0.15, 0.2) is 24.3 Å².